The van der Waals surface area contributed by atoms with Crippen LogP contribution in [0.4, 0.5) is 0 Å². The number of rotatable bonds is 3. The van der Waals surface area contributed by atoms with E-state index in [1.54, 1.807) is 6.20 Å². The molecule has 0 aliphatic carbocycles. The summed E-state index contributed by atoms with van der Waals surface area (Å²) in [6.07, 6.45) is 1.01. The monoisotopic (exact) mass is 264 g/mol. The number of hydrogen-bond donors (Lipinski definition) is 1. The Morgan fingerprint density at radius 2 is 2.00 bits per heavy atom. The van der Waals surface area contributed by atoms with Crippen molar-refractivity contribution >= 4 is 11.6 Å². The minimum absolute atomic E-state index is 0.212. The number of benzene rings is 1. The topological polar surface area (TPSA) is 38.1 Å². The summed E-state index contributed by atoms with van der Waals surface area (Å²) in [5.74, 6) is 0. The van der Waals surface area contributed by atoms with Gasteiger partial charge >= 0.3 is 0 Å². The molecule has 96 valence electrons. The van der Waals surface area contributed by atoms with Crippen LogP contribution >= 0.6 is 11.6 Å². The molecule has 0 fully saturated rings. The zero-order valence-electron chi connectivity index (χ0n) is 10.8. The molecule has 0 saturated carbocycles. The van der Waals surface area contributed by atoms with Gasteiger partial charge in [0.2, 0.25) is 0 Å². The van der Waals surface area contributed by atoms with Crippen LogP contribution in [0.1, 0.15) is 42.8 Å². The first-order valence-corrected chi connectivity index (χ1v) is 6.36. The smallest absolute Gasteiger partial charge is 0.121 e. The third kappa shape index (κ3) is 2.28. The van der Waals surface area contributed by atoms with Gasteiger partial charge in [0.15, 0.2) is 0 Å². The Morgan fingerprint density at radius 3 is 2.67 bits per heavy atom. The fourth-order valence-corrected chi connectivity index (χ4v) is 2.23. The first-order chi connectivity index (χ1) is 8.52. The molecule has 18 heavy (non-hydrogen) atoms. The molecule has 1 heterocycles. The third-order valence-corrected chi connectivity index (χ3v) is 3.48. The average molecular weight is 265 g/mol. The summed E-state index contributed by atoms with van der Waals surface area (Å²) in [5, 5.41) is 15.4. The zero-order chi connectivity index (χ0) is 13.3. The Labute approximate surface area is 112 Å². The van der Waals surface area contributed by atoms with Crippen molar-refractivity contribution in [1.29, 1.82) is 0 Å². The van der Waals surface area contributed by atoms with Crippen molar-refractivity contribution < 1.29 is 5.11 Å². The highest BCUT2D eigenvalue weighted by molar-refractivity contribution is 6.31. The first-order valence-electron chi connectivity index (χ1n) is 5.99. The van der Waals surface area contributed by atoms with Gasteiger partial charge < -0.3 is 5.11 Å². The molecular weight excluding hydrogens is 248 g/mol. The molecule has 2 rings (SSSR count). The van der Waals surface area contributed by atoms with Crippen LogP contribution in [0.2, 0.25) is 5.02 Å². The van der Waals surface area contributed by atoms with E-state index in [0.29, 0.717) is 5.02 Å². The Kier molecular flexibility index (Phi) is 3.73. The Hall–Kier alpha value is -1.32. The molecule has 0 spiro atoms. The maximum Gasteiger partial charge on any atom is 0.121 e. The number of aliphatic hydroxyl groups excluding tert-OH is 1. The van der Waals surface area contributed by atoms with E-state index < -0.39 is 6.10 Å². The van der Waals surface area contributed by atoms with Gasteiger partial charge in [-0.05, 0) is 44.0 Å². The van der Waals surface area contributed by atoms with Crippen molar-refractivity contribution in [2.24, 2.45) is 0 Å². The number of nitrogens with zero attached hydrogens (tertiary/aromatic N) is 2. The summed E-state index contributed by atoms with van der Waals surface area (Å²) in [5.41, 5.74) is 2.52. The second kappa shape index (κ2) is 5.12. The second-order valence-electron chi connectivity index (χ2n) is 4.65. The molecule has 1 aromatic heterocycles. The molecule has 0 bridgehead atoms. The van der Waals surface area contributed by atoms with Gasteiger partial charge in [0.05, 0.1) is 5.69 Å². The zero-order valence-corrected chi connectivity index (χ0v) is 11.5. The molecule has 0 aliphatic rings. The summed E-state index contributed by atoms with van der Waals surface area (Å²) in [4.78, 5) is 0. The minimum atomic E-state index is -0.700. The van der Waals surface area contributed by atoms with Gasteiger partial charge in [-0.15, -0.1) is 0 Å². The van der Waals surface area contributed by atoms with Gasteiger partial charge in [0, 0.05) is 17.3 Å². The van der Waals surface area contributed by atoms with E-state index in [1.165, 1.54) is 0 Å². The predicted molar refractivity (Wildman–Crippen MR) is 72.9 cm³/mol. The first kappa shape index (κ1) is 13.1. The van der Waals surface area contributed by atoms with E-state index in [0.717, 1.165) is 16.8 Å². The normalized spacial score (nSPS) is 13.0. The Morgan fingerprint density at radius 1 is 1.28 bits per heavy atom. The lowest BCUT2D eigenvalue weighted by molar-refractivity contribution is 0.204. The van der Waals surface area contributed by atoms with Crippen LogP contribution in [0.5, 0.6) is 0 Å². The van der Waals surface area contributed by atoms with E-state index in [4.69, 9.17) is 11.6 Å². The van der Waals surface area contributed by atoms with Gasteiger partial charge in [0.25, 0.3) is 0 Å². The molecule has 4 heteroatoms. The van der Waals surface area contributed by atoms with Gasteiger partial charge in [-0.25, -0.2) is 0 Å². The fraction of sp³-hybridized carbons (Fsp3) is 0.357. The van der Waals surface area contributed by atoms with E-state index in [9.17, 15) is 5.11 Å². The number of hydrogen-bond acceptors (Lipinski definition) is 2. The molecule has 1 aromatic carbocycles. The summed E-state index contributed by atoms with van der Waals surface area (Å²) >= 11 is 6.09. The second-order valence-corrected chi connectivity index (χ2v) is 5.06. The van der Waals surface area contributed by atoms with Crippen LogP contribution in [0.15, 0.2) is 30.5 Å². The highest BCUT2D eigenvalue weighted by Crippen LogP contribution is 2.29. The molecular formula is C14H17ClN2O. The van der Waals surface area contributed by atoms with E-state index in [2.05, 4.69) is 5.10 Å². The van der Waals surface area contributed by atoms with Gasteiger partial charge in [0.1, 0.15) is 6.10 Å². The number of halogens is 1. The van der Waals surface area contributed by atoms with E-state index in [1.807, 2.05) is 49.7 Å². The SMILES string of the molecule is Cc1c(Cl)cccc1C(O)c1ccnn1C(C)C. The molecule has 3 nitrogen and oxygen atoms in total. The number of aromatic nitrogens is 2. The minimum Gasteiger partial charge on any atom is -0.382 e. The van der Waals surface area contributed by atoms with Gasteiger partial charge in [-0.2, -0.15) is 5.10 Å². The Bertz CT molecular complexity index is 548. The predicted octanol–water partition coefficient (Wildman–Crippen LogP) is 3.51. The standard InChI is InChI=1S/C14H17ClN2O/c1-9(2)17-13(7-8-16-17)14(18)11-5-4-6-12(15)10(11)3/h4-9,14,18H,1-3H3. The van der Waals surface area contributed by atoms with Crippen LogP contribution in [-0.2, 0) is 0 Å². The largest absolute Gasteiger partial charge is 0.382 e. The maximum absolute atomic E-state index is 10.5. The molecule has 1 N–H and O–H groups in total. The lowest BCUT2D eigenvalue weighted by Gasteiger charge is -2.18. The average Bonchev–Trinajstić information content (AvgIpc) is 2.81. The van der Waals surface area contributed by atoms with Crippen molar-refractivity contribution in [2.45, 2.75) is 32.9 Å². The molecule has 0 aliphatic heterocycles. The summed E-state index contributed by atoms with van der Waals surface area (Å²) in [6.45, 7) is 5.99. The van der Waals surface area contributed by atoms with Gasteiger partial charge in [-0.3, -0.25) is 4.68 Å². The quantitative estimate of drug-likeness (QED) is 0.921. The third-order valence-electron chi connectivity index (χ3n) is 3.07. The van der Waals surface area contributed by atoms with E-state index in [-0.39, 0.29) is 6.04 Å². The fourth-order valence-electron chi connectivity index (χ4n) is 2.05. The maximum atomic E-state index is 10.5. The molecule has 2 aromatic rings. The van der Waals surface area contributed by atoms with Crippen molar-refractivity contribution in [3.05, 3.63) is 52.3 Å². The molecule has 1 unspecified atom stereocenters. The van der Waals surface area contributed by atoms with Crippen LogP contribution in [0.3, 0.4) is 0 Å². The summed E-state index contributed by atoms with van der Waals surface area (Å²) in [6, 6.07) is 7.62. The van der Waals surface area contributed by atoms with Crippen molar-refractivity contribution in [2.75, 3.05) is 0 Å². The molecule has 0 radical (unpaired) electrons. The molecule has 0 amide bonds. The van der Waals surface area contributed by atoms with Crippen molar-refractivity contribution in [3.63, 3.8) is 0 Å². The van der Waals surface area contributed by atoms with Gasteiger partial charge in [-0.1, -0.05) is 23.7 Å². The summed E-state index contributed by atoms with van der Waals surface area (Å²) in [7, 11) is 0. The van der Waals surface area contributed by atoms with Crippen LogP contribution in [-0.4, -0.2) is 14.9 Å². The lowest BCUT2D eigenvalue weighted by atomic mass is 10.0. The molecule has 0 saturated heterocycles. The Balaban J connectivity index is 2.45. The summed E-state index contributed by atoms with van der Waals surface area (Å²) < 4.78 is 1.82. The highest BCUT2D eigenvalue weighted by Gasteiger charge is 2.19. The van der Waals surface area contributed by atoms with Crippen molar-refractivity contribution in [3.8, 4) is 0 Å². The highest BCUT2D eigenvalue weighted by atomic mass is 35.5. The lowest BCUT2D eigenvalue weighted by Crippen LogP contribution is -2.13. The molecule has 1 atom stereocenters. The van der Waals surface area contributed by atoms with Crippen LogP contribution in [0, 0.1) is 6.92 Å². The van der Waals surface area contributed by atoms with Crippen molar-refractivity contribution in [1.82, 2.24) is 9.78 Å². The van der Waals surface area contributed by atoms with E-state index >= 15 is 0 Å². The number of aliphatic hydroxyl groups is 1. The van der Waals surface area contributed by atoms with Crippen LogP contribution in [0.25, 0.3) is 0 Å². The van der Waals surface area contributed by atoms with Crippen LogP contribution < -0.4 is 0 Å².